The molecule has 1 amide bonds. The van der Waals surface area contributed by atoms with E-state index in [4.69, 9.17) is 16.6 Å². The van der Waals surface area contributed by atoms with Crippen LogP contribution in [-0.2, 0) is 4.79 Å². The van der Waals surface area contributed by atoms with Crippen LogP contribution in [0.5, 0.6) is 0 Å². The highest BCUT2D eigenvalue weighted by Gasteiger charge is 2.05. The zero-order chi connectivity index (χ0) is 19.9. The summed E-state index contributed by atoms with van der Waals surface area (Å²) in [5.74, 6) is 1.49. The Bertz CT molecular complexity index is 973. The molecule has 0 saturated carbocycles. The normalized spacial score (nSPS) is 11.0. The fourth-order valence-corrected chi connectivity index (χ4v) is 2.84. The molecule has 1 aromatic heterocycles. The van der Waals surface area contributed by atoms with E-state index in [0.29, 0.717) is 11.7 Å². The van der Waals surface area contributed by atoms with Gasteiger partial charge in [0.1, 0.15) is 11.5 Å². The van der Waals surface area contributed by atoms with E-state index in [1.807, 2.05) is 66.7 Å². The Morgan fingerprint density at radius 3 is 2.39 bits per heavy atom. The molecule has 5 heteroatoms. The first-order valence-electron chi connectivity index (χ1n) is 9.06. The quantitative estimate of drug-likeness (QED) is 0.440. The molecule has 4 nitrogen and oxygen atoms in total. The van der Waals surface area contributed by atoms with Gasteiger partial charge in [0.15, 0.2) is 5.11 Å². The number of anilines is 1. The predicted molar refractivity (Wildman–Crippen MR) is 118 cm³/mol. The van der Waals surface area contributed by atoms with Crippen LogP contribution in [0.3, 0.4) is 0 Å². The van der Waals surface area contributed by atoms with Gasteiger partial charge in [-0.05, 0) is 54.0 Å². The molecule has 0 atom stereocenters. The number of amides is 1. The summed E-state index contributed by atoms with van der Waals surface area (Å²) < 4.78 is 5.74. The molecule has 0 aliphatic heterocycles. The summed E-state index contributed by atoms with van der Waals surface area (Å²) in [6.07, 6.45) is 3.01. The van der Waals surface area contributed by atoms with Crippen LogP contribution in [-0.4, -0.2) is 11.0 Å². The van der Waals surface area contributed by atoms with Crippen molar-refractivity contribution in [1.29, 1.82) is 0 Å². The van der Waals surface area contributed by atoms with E-state index in [0.717, 1.165) is 17.0 Å². The third-order valence-electron chi connectivity index (χ3n) is 4.16. The third-order valence-corrected chi connectivity index (χ3v) is 4.36. The summed E-state index contributed by atoms with van der Waals surface area (Å²) in [4.78, 5) is 12.1. The Morgan fingerprint density at radius 1 is 1.00 bits per heavy atom. The second-order valence-corrected chi connectivity index (χ2v) is 7.03. The van der Waals surface area contributed by atoms with Crippen LogP contribution in [0.1, 0.15) is 31.1 Å². The van der Waals surface area contributed by atoms with Gasteiger partial charge in [-0.25, -0.2) is 0 Å². The SMILES string of the molecule is CC(C)c1ccc(NC(=S)NC(=O)/C=C/c2ccc(-c3ccccc3)o2)cc1. The first-order valence-corrected chi connectivity index (χ1v) is 9.47. The van der Waals surface area contributed by atoms with E-state index in [2.05, 4.69) is 24.5 Å². The molecule has 3 aromatic rings. The van der Waals surface area contributed by atoms with E-state index in [1.54, 1.807) is 6.08 Å². The van der Waals surface area contributed by atoms with Crippen molar-refractivity contribution >= 4 is 35.0 Å². The Morgan fingerprint density at radius 2 is 1.71 bits per heavy atom. The highest BCUT2D eigenvalue weighted by atomic mass is 32.1. The minimum Gasteiger partial charge on any atom is -0.457 e. The van der Waals surface area contributed by atoms with Crippen LogP contribution in [0.15, 0.2) is 77.2 Å². The number of hydrogen-bond donors (Lipinski definition) is 2. The van der Waals surface area contributed by atoms with Crippen molar-refractivity contribution in [2.75, 3.05) is 5.32 Å². The van der Waals surface area contributed by atoms with Crippen molar-refractivity contribution in [1.82, 2.24) is 5.32 Å². The summed E-state index contributed by atoms with van der Waals surface area (Å²) in [5, 5.41) is 5.88. The van der Waals surface area contributed by atoms with Gasteiger partial charge < -0.3 is 9.73 Å². The lowest BCUT2D eigenvalue weighted by molar-refractivity contribution is -0.115. The molecule has 28 heavy (non-hydrogen) atoms. The number of carbonyl (C=O) groups excluding carboxylic acids is 1. The van der Waals surface area contributed by atoms with Crippen molar-refractivity contribution in [2.45, 2.75) is 19.8 Å². The number of hydrogen-bond acceptors (Lipinski definition) is 3. The highest BCUT2D eigenvalue weighted by Crippen LogP contribution is 2.22. The summed E-state index contributed by atoms with van der Waals surface area (Å²) in [7, 11) is 0. The van der Waals surface area contributed by atoms with Gasteiger partial charge in [-0.2, -0.15) is 0 Å². The van der Waals surface area contributed by atoms with Crippen LogP contribution in [0.2, 0.25) is 0 Å². The zero-order valence-corrected chi connectivity index (χ0v) is 16.6. The molecule has 0 saturated heterocycles. The maximum atomic E-state index is 12.1. The lowest BCUT2D eigenvalue weighted by Gasteiger charge is -2.10. The molecule has 0 spiro atoms. The van der Waals surface area contributed by atoms with E-state index >= 15 is 0 Å². The number of rotatable bonds is 5. The maximum Gasteiger partial charge on any atom is 0.250 e. The number of carbonyl (C=O) groups is 1. The average Bonchev–Trinajstić information content (AvgIpc) is 3.16. The van der Waals surface area contributed by atoms with Crippen molar-refractivity contribution in [3.05, 3.63) is 84.1 Å². The Kier molecular flexibility index (Phi) is 6.40. The van der Waals surface area contributed by atoms with Crippen molar-refractivity contribution in [2.24, 2.45) is 0 Å². The van der Waals surface area contributed by atoms with Gasteiger partial charge in [-0.1, -0.05) is 56.3 Å². The molecule has 1 heterocycles. The van der Waals surface area contributed by atoms with E-state index in [9.17, 15) is 4.79 Å². The van der Waals surface area contributed by atoms with Crippen molar-refractivity contribution in [3.8, 4) is 11.3 Å². The molecule has 0 aliphatic rings. The summed E-state index contributed by atoms with van der Waals surface area (Å²) in [6.45, 7) is 4.28. The standard InChI is InChI=1S/C23H22N2O2S/c1-16(2)17-8-10-19(11-9-17)24-23(28)25-22(26)15-13-20-12-14-21(27-20)18-6-4-3-5-7-18/h3-16H,1-2H3,(H2,24,25,26,28)/b15-13+. The Labute approximate surface area is 170 Å². The lowest BCUT2D eigenvalue weighted by Crippen LogP contribution is -2.32. The number of nitrogens with one attached hydrogen (secondary N) is 2. The van der Waals surface area contributed by atoms with Gasteiger partial charge in [0.05, 0.1) is 0 Å². The van der Waals surface area contributed by atoms with Gasteiger partial charge in [-0.15, -0.1) is 0 Å². The number of thiocarbonyl (C=S) groups is 1. The fraction of sp³-hybridized carbons (Fsp3) is 0.130. The minimum absolute atomic E-state index is 0.247. The Balaban J connectivity index is 1.53. The van der Waals surface area contributed by atoms with Gasteiger partial charge in [-0.3, -0.25) is 10.1 Å². The molecule has 0 fully saturated rings. The van der Waals surface area contributed by atoms with Gasteiger partial charge in [0, 0.05) is 17.3 Å². The summed E-state index contributed by atoms with van der Waals surface area (Å²) in [6, 6.07) is 21.4. The molecule has 2 N–H and O–H groups in total. The van der Waals surface area contributed by atoms with Crippen molar-refractivity contribution in [3.63, 3.8) is 0 Å². The highest BCUT2D eigenvalue weighted by molar-refractivity contribution is 7.80. The number of benzene rings is 2. The largest absolute Gasteiger partial charge is 0.457 e. The second kappa shape index (κ2) is 9.15. The van der Waals surface area contributed by atoms with E-state index in [-0.39, 0.29) is 11.0 Å². The molecular weight excluding hydrogens is 368 g/mol. The van der Waals surface area contributed by atoms with E-state index < -0.39 is 0 Å². The molecular formula is C23H22N2O2S. The Hall–Kier alpha value is -3.18. The lowest BCUT2D eigenvalue weighted by atomic mass is 10.0. The van der Waals surface area contributed by atoms with Gasteiger partial charge >= 0.3 is 0 Å². The van der Waals surface area contributed by atoms with Gasteiger partial charge in [0.2, 0.25) is 5.91 Å². The topological polar surface area (TPSA) is 54.3 Å². The minimum atomic E-state index is -0.325. The average molecular weight is 391 g/mol. The number of furan rings is 1. The van der Waals surface area contributed by atoms with Gasteiger partial charge in [0.25, 0.3) is 0 Å². The predicted octanol–water partition coefficient (Wildman–Crippen LogP) is 5.60. The first-order chi connectivity index (χ1) is 13.5. The molecule has 0 aliphatic carbocycles. The molecule has 2 aromatic carbocycles. The summed E-state index contributed by atoms with van der Waals surface area (Å²) >= 11 is 5.20. The van der Waals surface area contributed by atoms with Crippen LogP contribution < -0.4 is 10.6 Å². The summed E-state index contributed by atoms with van der Waals surface area (Å²) in [5.41, 5.74) is 3.06. The molecule has 0 radical (unpaired) electrons. The second-order valence-electron chi connectivity index (χ2n) is 6.62. The fourth-order valence-electron chi connectivity index (χ4n) is 2.63. The van der Waals surface area contributed by atoms with Crippen LogP contribution in [0.4, 0.5) is 5.69 Å². The maximum absolute atomic E-state index is 12.1. The van der Waals surface area contributed by atoms with Crippen LogP contribution in [0, 0.1) is 0 Å². The zero-order valence-electron chi connectivity index (χ0n) is 15.8. The monoisotopic (exact) mass is 390 g/mol. The smallest absolute Gasteiger partial charge is 0.250 e. The molecule has 0 bridgehead atoms. The third kappa shape index (κ3) is 5.41. The molecule has 0 unspecified atom stereocenters. The molecule has 142 valence electrons. The van der Waals surface area contributed by atoms with Crippen LogP contribution >= 0.6 is 12.2 Å². The van der Waals surface area contributed by atoms with Crippen LogP contribution in [0.25, 0.3) is 17.4 Å². The van der Waals surface area contributed by atoms with Crippen molar-refractivity contribution < 1.29 is 9.21 Å². The molecule has 3 rings (SSSR count). The van der Waals surface area contributed by atoms with E-state index in [1.165, 1.54) is 11.6 Å². The first kappa shape index (κ1) is 19.6.